The van der Waals surface area contributed by atoms with E-state index >= 15 is 0 Å². The molecular weight excluding hydrogens is 323 g/mol. The van der Waals surface area contributed by atoms with E-state index in [9.17, 15) is 4.79 Å². The number of aryl methyl sites for hydroxylation is 1. The Labute approximate surface area is 137 Å². The SMILES string of the molecule is Cc1ccc2c(COc3c(Cl)cccc3Cl)cc(=O)oc2c1. The van der Waals surface area contributed by atoms with Crippen molar-refractivity contribution in [2.24, 2.45) is 0 Å². The maximum absolute atomic E-state index is 11.7. The van der Waals surface area contributed by atoms with Crippen molar-refractivity contribution in [1.29, 1.82) is 0 Å². The van der Waals surface area contributed by atoms with Gasteiger partial charge in [0.05, 0.1) is 10.0 Å². The van der Waals surface area contributed by atoms with E-state index in [1.54, 1.807) is 18.2 Å². The summed E-state index contributed by atoms with van der Waals surface area (Å²) in [7, 11) is 0. The fourth-order valence-electron chi connectivity index (χ4n) is 2.23. The van der Waals surface area contributed by atoms with Crippen molar-refractivity contribution in [3.8, 4) is 5.75 Å². The summed E-state index contributed by atoms with van der Waals surface area (Å²) in [6, 6.07) is 12.2. The molecule has 0 amide bonds. The third-order valence-corrected chi connectivity index (χ3v) is 3.87. The molecule has 0 unspecified atom stereocenters. The van der Waals surface area contributed by atoms with E-state index in [-0.39, 0.29) is 6.61 Å². The van der Waals surface area contributed by atoms with Gasteiger partial charge >= 0.3 is 5.63 Å². The molecule has 0 bridgehead atoms. The maximum atomic E-state index is 11.7. The van der Waals surface area contributed by atoms with Gasteiger partial charge in [0, 0.05) is 17.0 Å². The highest BCUT2D eigenvalue weighted by atomic mass is 35.5. The number of fused-ring (bicyclic) bond motifs is 1. The zero-order chi connectivity index (χ0) is 15.7. The standard InChI is InChI=1S/C17H12Cl2O3/c1-10-5-6-12-11(8-16(20)22-15(12)7-10)9-21-17-13(18)3-2-4-14(17)19/h2-8H,9H2,1H3. The van der Waals surface area contributed by atoms with Crippen LogP contribution in [0.3, 0.4) is 0 Å². The molecule has 3 aromatic rings. The Balaban J connectivity index is 1.99. The van der Waals surface area contributed by atoms with Crippen molar-refractivity contribution in [3.05, 3.63) is 74.1 Å². The predicted molar refractivity (Wildman–Crippen MR) is 88.0 cm³/mol. The highest BCUT2D eigenvalue weighted by Crippen LogP contribution is 2.33. The molecule has 0 aliphatic carbocycles. The summed E-state index contributed by atoms with van der Waals surface area (Å²) in [5.74, 6) is 0.402. The minimum Gasteiger partial charge on any atom is -0.486 e. The highest BCUT2D eigenvalue weighted by Gasteiger charge is 2.10. The van der Waals surface area contributed by atoms with Gasteiger partial charge in [-0.3, -0.25) is 0 Å². The molecule has 1 heterocycles. The monoisotopic (exact) mass is 334 g/mol. The van der Waals surface area contributed by atoms with Gasteiger partial charge in [0.15, 0.2) is 5.75 Å². The third kappa shape index (κ3) is 2.96. The first-order valence-corrected chi connectivity index (χ1v) is 7.40. The molecule has 22 heavy (non-hydrogen) atoms. The summed E-state index contributed by atoms with van der Waals surface area (Å²) >= 11 is 12.2. The quantitative estimate of drug-likeness (QED) is 0.633. The maximum Gasteiger partial charge on any atom is 0.336 e. The van der Waals surface area contributed by atoms with Crippen molar-refractivity contribution in [1.82, 2.24) is 0 Å². The topological polar surface area (TPSA) is 39.4 Å². The molecule has 2 aromatic carbocycles. The molecule has 1 aromatic heterocycles. The molecule has 3 rings (SSSR count). The minimum atomic E-state index is -0.415. The fourth-order valence-corrected chi connectivity index (χ4v) is 2.73. The van der Waals surface area contributed by atoms with Gasteiger partial charge in [-0.25, -0.2) is 4.79 Å². The Morgan fingerprint density at radius 2 is 1.82 bits per heavy atom. The Morgan fingerprint density at radius 3 is 2.55 bits per heavy atom. The van der Waals surface area contributed by atoms with E-state index in [1.807, 2.05) is 25.1 Å². The van der Waals surface area contributed by atoms with Crippen LogP contribution in [0.2, 0.25) is 10.0 Å². The van der Waals surface area contributed by atoms with Gasteiger partial charge in [-0.05, 0) is 30.7 Å². The highest BCUT2D eigenvalue weighted by molar-refractivity contribution is 6.37. The summed E-state index contributed by atoms with van der Waals surface area (Å²) in [6.07, 6.45) is 0. The molecule has 0 atom stereocenters. The summed E-state index contributed by atoms with van der Waals surface area (Å²) in [5, 5.41) is 1.68. The van der Waals surface area contributed by atoms with Crippen LogP contribution in [0.15, 0.2) is 51.7 Å². The molecule has 0 spiro atoms. The average molecular weight is 335 g/mol. The second kappa shape index (κ2) is 6.03. The number of hydrogen-bond acceptors (Lipinski definition) is 3. The van der Waals surface area contributed by atoms with Crippen LogP contribution in [0, 0.1) is 6.92 Å². The van der Waals surface area contributed by atoms with Crippen LogP contribution in [-0.4, -0.2) is 0 Å². The lowest BCUT2D eigenvalue weighted by Crippen LogP contribution is -2.04. The van der Waals surface area contributed by atoms with Gasteiger partial charge < -0.3 is 9.15 Å². The number of para-hydroxylation sites is 1. The minimum absolute atomic E-state index is 0.175. The number of hydrogen-bond donors (Lipinski definition) is 0. The first kappa shape index (κ1) is 14.9. The van der Waals surface area contributed by atoms with E-state index in [0.717, 1.165) is 16.5 Å². The molecular formula is C17H12Cl2O3. The lowest BCUT2D eigenvalue weighted by molar-refractivity contribution is 0.307. The van der Waals surface area contributed by atoms with Crippen molar-refractivity contribution < 1.29 is 9.15 Å². The largest absolute Gasteiger partial charge is 0.486 e. The van der Waals surface area contributed by atoms with Crippen molar-refractivity contribution in [2.75, 3.05) is 0 Å². The summed E-state index contributed by atoms with van der Waals surface area (Å²) < 4.78 is 10.9. The van der Waals surface area contributed by atoms with E-state index < -0.39 is 5.63 Å². The lowest BCUT2D eigenvalue weighted by Gasteiger charge is -2.11. The van der Waals surface area contributed by atoms with Crippen LogP contribution < -0.4 is 10.4 Å². The van der Waals surface area contributed by atoms with E-state index in [0.29, 0.717) is 21.4 Å². The number of rotatable bonds is 3. The molecule has 0 N–H and O–H groups in total. The molecule has 0 radical (unpaired) electrons. The molecule has 5 heteroatoms. The Kier molecular flexibility index (Phi) is 4.10. The van der Waals surface area contributed by atoms with Crippen molar-refractivity contribution in [2.45, 2.75) is 13.5 Å². The second-order valence-corrected chi connectivity index (χ2v) is 5.74. The number of halogens is 2. The predicted octanol–water partition coefficient (Wildman–Crippen LogP) is 4.99. The van der Waals surface area contributed by atoms with Crippen LogP contribution in [0.25, 0.3) is 11.0 Å². The number of ether oxygens (including phenoxy) is 1. The Morgan fingerprint density at radius 1 is 1.09 bits per heavy atom. The molecule has 0 saturated carbocycles. The van der Waals surface area contributed by atoms with Gasteiger partial charge in [0.1, 0.15) is 12.2 Å². The zero-order valence-corrected chi connectivity index (χ0v) is 13.2. The second-order valence-electron chi connectivity index (χ2n) is 4.93. The van der Waals surface area contributed by atoms with Gasteiger partial charge in [-0.1, -0.05) is 41.4 Å². The molecule has 0 aliphatic rings. The van der Waals surface area contributed by atoms with Crippen molar-refractivity contribution in [3.63, 3.8) is 0 Å². The van der Waals surface area contributed by atoms with Crippen LogP contribution in [-0.2, 0) is 6.61 Å². The Hall–Kier alpha value is -1.97. The first-order chi connectivity index (χ1) is 10.5. The summed E-state index contributed by atoms with van der Waals surface area (Å²) in [6.45, 7) is 2.11. The van der Waals surface area contributed by atoms with E-state index in [1.165, 1.54) is 6.07 Å². The average Bonchev–Trinajstić information content (AvgIpc) is 2.45. The zero-order valence-electron chi connectivity index (χ0n) is 11.7. The fraction of sp³-hybridized carbons (Fsp3) is 0.118. The summed E-state index contributed by atoms with van der Waals surface area (Å²) in [4.78, 5) is 11.7. The Bertz CT molecular complexity index is 880. The number of benzene rings is 2. The van der Waals surface area contributed by atoms with Crippen LogP contribution in [0.1, 0.15) is 11.1 Å². The van der Waals surface area contributed by atoms with E-state index in [2.05, 4.69) is 0 Å². The van der Waals surface area contributed by atoms with Crippen LogP contribution >= 0.6 is 23.2 Å². The molecule has 112 valence electrons. The normalized spacial score (nSPS) is 10.9. The third-order valence-electron chi connectivity index (χ3n) is 3.28. The van der Waals surface area contributed by atoms with Crippen molar-refractivity contribution >= 4 is 34.2 Å². The van der Waals surface area contributed by atoms with E-state index in [4.69, 9.17) is 32.4 Å². The van der Waals surface area contributed by atoms with Gasteiger partial charge in [-0.2, -0.15) is 0 Å². The van der Waals surface area contributed by atoms with Gasteiger partial charge in [0.25, 0.3) is 0 Å². The molecule has 0 saturated heterocycles. The first-order valence-electron chi connectivity index (χ1n) is 6.65. The lowest BCUT2D eigenvalue weighted by atomic mass is 10.1. The van der Waals surface area contributed by atoms with Gasteiger partial charge in [-0.15, -0.1) is 0 Å². The summed E-state index contributed by atoms with van der Waals surface area (Å²) in [5.41, 5.74) is 1.86. The van der Waals surface area contributed by atoms with Crippen LogP contribution in [0.5, 0.6) is 5.75 Å². The molecule has 0 aliphatic heterocycles. The molecule has 0 fully saturated rings. The van der Waals surface area contributed by atoms with Gasteiger partial charge in [0.2, 0.25) is 0 Å². The smallest absolute Gasteiger partial charge is 0.336 e. The molecule has 3 nitrogen and oxygen atoms in total. The van der Waals surface area contributed by atoms with Crippen LogP contribution in [0.4, 0.5) is 0 Å².